The fourth-order valence-electron chi connectivity index (χ4n) is 2.20. The fraction of sp³-hybridized carbons (Fsp3) is 0.667. The minimum atomic E-state index is 0.298. The van der Waals surface area contributed by atoms with E-state index in [1.165, 1.54) is 25.9 Å². The van der Waals surface area contributed by atoms with Crippen LogP contribution in [0.3, 0.4) is 0 Å². The first-order valence-corrected chi connectivity index (χ1v) is 6.51. The van der Waals surface area contributed by atoms with Crippen LogP contribution in [0, 0.1) is 6.92 Å². The number of aryl methyl sites for hydroxylation is 1. The number of likely N-dealkylation sites (tertiary alicyclic amines) is 1. The predicted octanol–water partition coefficient (Wildman–Crippen LogP) is 2.33. The third kappa shape index (κ3) is 3.54. The van der Waals surface area contributed by atoms with Crippen LogP contribution in [-0.2, 0) is 0 Å². The maximum Gasteiger partial charge on any atom is 0.224 e. The van der Waals surface area contributed by atoms with Gasteiger partial charge in [-0.2, -0.15) is 0 Å². The maximum absolute atomic E-state index is 5.80. The zero-order valence-electron chi connectivity index (χ0n) is 10.4. The van der Waals surface area contributed by atoms with Crippen LogP contribution in [0.2, 0.25) is 5.28 Å². The third-order valence-electron chi connectivity index (χ3n) is 3.06. The highest BCUT2D eigenvalue weighted by Crippen LogP contribution is 2.15. The third-order valence-corrected chi connectivity index (χ3v) is 3.24. The Morgan fingerprint density at radius 1 is 1.47 bits per heavy atom. The first-order chi connectivity index (χ1) is 8.15. The van der Waals surface area contributed by atoms with Gasteiger partial charge in [-0.15, -0.1) is 0 Å². The quantitative estimate of drug-likeness (QED) is 0.838. The van der Waals surface area contributed by atoms with Gasteiger partial charge in [0.15, 0.2) is 0 Å². The van der Waals surface area contributed by atoms with Crippen molar-refractivity contribution in [1.82, 2.24) is 14.9 Å². The normalized spacial score (nSPS) is 18.3. The summed E-state index contributed by atoms with van der Waals surface area (Å²) in [7, 11) is 0. The number of hydrogen-bond donors (Lipinski definition) is 1. The molecule has 2 rings (SSSR count). The molecular formula is C12H19ClN4. The van der Waals surface area contributed by atoms with E-state index in [4.69, 9.17) is 11.6 Å². The average molecular weight is 255 g/mol. The lowest BCUT2D eigenvalue weighted by Gasteiger charge is -2.22. The second kappa shape index (κ2) is 5.65. The van der Waals surface area contributed by atoms with Gasteiger partial charge in [0.05, 0.1) is 0 Å². The standard InChI is InChI=1S/C12H19ClN4/c1-9-7-14-12(13)16-11(9)15-10(2)8-17-5-3-4-6-17/h7,10H,3-6,8H2,1-2H3,(H,14,15,16). The van der Waals surface area contributed by atoms with Crippen molar-refractivity contribution in [3.8, 4) is 0 Å². The van der Waals surface area contributed by atoms with E-state index in [-0.39, 0.29) is 0 Å². The molecule has 1 N–H and O–H groups in total. The highest BCUT2D eigenvalue weighted by molar-refractivity contribution is 6.28. The molecule has 2 heterocycles. The molecule has 1 unspecified atom stereocenters. The summed E-state index contributed by atoms with van der Waals surface area (Å²) in [4.78, 5) is 10.6. The number of rotatable bonds is 4. The van der Waals surface area contributed by atoms with Crippen molar-refractivity contribution < 1.29 is 0 Å². The highest BCUT2D eigenvalue weighted by atomic mass is 35.5. The Morgan fingerprint density at radius 3 is 2.88 bits per heavy atom. The largest absolute Gasteiger partial charge is 0.366 e. The van der Waals surface area contributed by atoms with Gasteiger partial charge >= 0.3 is 0 Å². The van der Waals surface area contributed by atoms with E-state index in [2.05, 4.69) is 27.1 Å². The van der Waals surface area contributed by atoms with E-state index in [1.54, 1.807) is 6.20 Å². The van der Waals surface area contributed by atoms with Gasteiger partial charge in [0.2, 0.25) is 5.28 Å². The van der Waals surface area contributed by atoms with Crippen molar-refractivity contribution >= 4 is 17.4 Å². The zero-order valence-corrected chi connectivity index (χ0v) is 11.2. The molecule has 1 aromatic rings. The molecule has 17 heavy (non-hydrogen) atoms. The maximum atomic E-state index is 5.80. The SMILES string of the molecule is Cc1cnc(Cl)nc1NC(C)CN1CCCC1. The molecule has 0 amide bonds. The lowest BCUT2D eigenvalue weighted by Crippen LogP contribution is -2.33. The molecule has 1 fully saturated rings. The van der Waals surface area contributed by atoms with Gasteiger partial charge < -0.3 is 10.2 Å². The minimum absolute atomic E-state index is 0.298. The number of halogens is 1. The molecule has 0 spiro atoms. The summed E-state index contributed by atoms with van der Waals surface area (Å²) in [5.41, 5.74) is 1.03. The van der Waals surface area contributed by atoms with Crippen LogP contribution in [0.1, 0.15) is 25.3 Å². The molecule has 0 radical (unpaired) electrons. The molecule has 1 aliphatic rings. The van der Waals surface area contributed by atoms with Gasteiger partial charge in [0.1, 0.15) is 5.82 Å². The highest BCUT2D eigenvalue weighted by Gasteiger charge is 2.15. The van der Waals surface area contributed by atoms with Gasteiger partial charge in [0, 0.05) is 24.3 Å². The first kappa shape index (κ1) is 12.6. The van der Waals surface area contributed by atoms with E-state index in [0.29, 0.717) is 11.3 Å². The molecule has 1 aromatic heterocycles. The lowest BCUT2D eigenvalue weighted by atomic mass is 10.3. The van der Waals surface area contributed by atoms with Gasteiger partial charge in [-0.05, 0) is 51.4 Å². The molecule has 0 aliphatic carbocycles. The summed E-state index contributed by atoms with van der Waals surface area (Å²) >= 11 is 5.80. The molecular weight excluding hydrogens is 236 g/mol. The molecule has 0 bridgehead atoms. The Morgan fingerprint density at radius 2 is 2.18 bits per heavy atom. The van der Waals surface area contributed by atoms with Crippen LogP contribution in [0.4, 0.5) is 5.82 Å². The number of nitrogens with one attached hydrogen (secondary N) is 1. The van der Waals surface area contributed by atoms with Crippen molar-refractivity contribution in [2.45, 2.75) is 32.7 Å². The fourth-order valence-corrected chi connectivity index (χ4v) is 2.33. The summed E-state index contributed by atoms with van der Waals surface area (Å²) in [5, 5.41) is 3.70. The summed E-state index contributed by atoms with van der Waals surface area (Å²) in [6.45, 7) is 7.65. The van der Waals surface area contributed by atoms with Crippen LogP contribution in [0.15, 0.2) is 6.20 Å². The van der Waals surface area contributed by atoms with Crippen molar-refractivity contribution in [2.75, 3.05) is 25.0 Å². The number of aromatic nitrogens is 2. The number of anilines is 1. The molecule has 1 atom stereocenters. The van der Waals surface area contributed by atoms with Crippen LogP contribution in [0.5, 0.6) is 0 Å². The van der Waals surface area contributed by atoms with Gasteiger partial charge in [-0.3, -0.25) is 0 Å². The van der Waals surface area contributed by atoms with E-state index >= 15 is 0 Å². The van der Waals surface area contributed by atoms with Crippen LogP contribution < -0.4 is 5.32 Å². The number of hydrogen-bond acceptors (Lipinski definition) is 4. The molecule has 94 valence electrons. The van der Waals surface area contributed by atoms with Crippen molar-refractivity contribution in [1.29, 1.82) is 0 Å². The predicted molar refractivity (Wildman–Crippen MR) is 70.5 cm³/mol. The molecule has 0 saturated carbocycles. The van der Waals surface area contributed by atoms with Crippen LogP contribution in [0.25, 0.3) is 0 Å². The second-order valence-electron chi connectivity index (χ2n) is 4.72. The first-order valence-electron chi connectivity index (χ1n) is 6.13. The summed E-state index contributed by atoms with van der Waals surface area (Å²) in [6.07, 6.45) is 4.40. The number of nitrogens with zero attached hydrogens (tertiary/aromatic N) is 3. The Hall–Kier alpha value is -0.870. The summed E-state index contributed by atoms with van der Waals surface area (Å²) < 4.78 is 0. The molecule has 1 aliphatic heterocycles. The molecule has 1 saturated heterocycles. The Labute approximate surface area is 107 Å². The van der Waals surface area contributed by atoms with Gasteiger partial charge in [0.25, 0.3) is 0 Å². The second-order valence-corrected chi connectivity index (χ2v) is 5.06. The van der Waals surface area contributed by atoms with E-state index in [0.717, 1.165) is 17.9 Å². The molecule has 0 aromatic carbocycles. The van der Waals surface area contributed by atoms with E-state index in [1.807, 2.05) is 6.92 Å². The van der Waals surface area contributed by atoms with Gasteiger partial charge in [-0.25, -0.2) is 9.97 Å². The smallest absolute Gasteiger partial charge is 0.224 e. The molecule has 4 nitrogen and oxygen atoms in total. The van der Waals surface area contributed by atoms with Gasteiger partial charge in [-0.1, -0.05) is 0 Å². The Bertz CT molecular complexity index is 377. The Balaban J connectivity index is 1.92. The summed E-state index contributed by atoms with van der Waals surface area (Å²) in [5.74, 6) is 0.844. The van der Waals surface area contributed by atoms with Crippen molar-refractivity contribution in [3.05, 3.63) is 17.0 Å². The topological polar surface area (TPSA) is 41.1 Å². The van der Waals surface area contributed by atoms with Crippen LogP contribution in [-0.4, -0.2) is 40.5 Å². The van der Waals surface area contributed by atoms with Crippen molar-refractivity contribution in [2.24, 2.45) is 0 Å². The Kier molecular flexibility index (Phi) is 4.18. The monoisotopic (exact) mass is 254 g/mol. The zero-order chi connectivity index (χ0) is 12.3. The summed E-state index contributed by atoms with van der Waals surface area (Å²) in [6, 6.07) is 0.373. The van der Waals surface area contributed by atoms with Crippen molar-refractivity contribution in [3.63, 3.8) is 0 Å². The lowest BCUT2D eigenvalue weighted by molar-refractivity contribution is 0.327. The van der Waals surface area contributed by atoms with E-state index < -0.39 is 0 Å². The molecule has 5 heteroatoms. The average Bonchev–Trinajstić information content (AvgIpc) is 2.76. The van der Waals surface area contributed by atoms with E-state index in [9.17, 15) is 0 Å². The van der Waals surface area contributed by atoms with Crippen LogP contribution >= 0.6 is 11.6 Å². The minimum Gasteiger partial charge on any atom is -0.366 e.